The summed E-state index contributed by atoms with van der Waals surface area (Å²) in [5, 5.41) is 2.89. The number of nitrogens with two attached hydrogens (primary N) is 1. The Hall–Kier alpha value is -4.01. The Morgan fingerprint density at radius 2 is 1.67 bits per heavy atom. The first kappa shape index (κ1) is 22.2. The van der Waals surface area contributed by atoms with Gasteiger partial charge in [-0.1, -0.05) is 25.5 Å². The summed E-state index contributed by atoms with van der Waals surface area (Å²) in [6, 6.07) is 10.9. The van der Waals surface area contributed by atoms with Crippen molar-refractivity contribution in [2.24, 2.45) is 0 Å². The normalized spacial score (nSPS) is 11.0. The van der Waals surface area contributed by atoms with Gasteiger partial charge in [0, 0.05) is 24.4 Å². The minimum atomic E-state index is -0.397. The molecule has 0 aliphatic heterocycles. The lowest BCUT2D eigenvalue weighted by molar-refractivity contribution is 0.102. The lowest BCUT2D eigenvalue weighted by Crippen LogP contribution is -2.15. The van der Waals surface area contributed by atoms with Gasteiger partial charge in [0.2, 0.25) is 5.75 Å². The van der Waals surface area contributed by atoms with Gasteiger partial charge >= 0.3 is 0 Å². The molecule has 0 fully saturated rings. The predicted octanol–water partition coefficient (Wildman–Crippen LogP) is 4.24. The van der Waals surface area contributed by atoms with E-state index in [0.29, 0.717) is 52.0 Å². The van der Waals surface area contributed by atoms with E-state index in [0.717, 1.165) is 18.4 Å². The third kappa shape index (κ3) is 3.97. The first-order valence-electron chi connectivity index (χ1n) is 10.7. The number of amides is 1. The molecule has 4 rings (SSSR count). The molecule has 172 valence electrons. The average molecular weight is 450 g/mol. The summed E-state index contributed by atoms with van der Waals surface area (Å²) >= 11 is 0. The number of fused-ring (bicyclic) bond motifs is 2. The van der Waals surface area contributed by atoms with Crippen molar-refractivity contribution >= 4 is 39.6 Å². The van der Waals surface area contributed by atoms with E-state index in [1.807, 2.05) is 28.8 Å². The maximum absolute atomic E-state index is 13.4. The number of nitrogens with zero attached hydrogens (tertiary/aromatic N) is 3. The van der Waals surface area contributed by atoms with Crippen LogP contribution in [0.1, 0.15) is 30.1 Å². The number of carbonyl (C=O) groups is 1. The number of para-hydroxylation sites is 2. The van der Waals surface area contributed by atoms with Crippen molar-refractivity contribution in [2.45, 2.75) is 26.3 Å². The second-order valence-corrected chi connectivity index (χ2v) is 7.52. The minimum absolute atomic E-state index is 0.285. The molecule has 9 heteroatoms. The van der Waals surface area contributed by atoms with Gasteiger partial charge in [0.1, 0.15) is 16.9 Å². The van der Waals surface area contributed by atoms with Crippen molar-refractivity contribution in [2.75, 3.05) is 32.4 Å². The number of hydrogen-bond acceptors (Lipinski definition) is 7. The summed E-state index contributed by atoms with van der Waals surface area (Å²) in [5.74, 6) is 1.23. The van der Waals surface area contributed by atoms with E-state index in [1.54, 1.807) is 12.1 Å². The number of unbranched alkanes of at least 4 members (excludes halogenated alkanes) is 1. The van der Waals surface area contributed by atoms with Crippen LogP contribution >= 0.6 is 0 Å². The number of rotatable bonds is 8. The van der Waals surface area contributed by atoms with Crippen molar-refractivity contribution in [1.82, 2.24) is 14.5 Å². The molecule has 33 heavy (non-hydrogen) atoms. The molecule has 2 aromatic carbocycles. The van der Waals surface area contributed by atoms with Crippen molar-refractivity contribution in [3.63, 3.8) is 0 Å². The monoisotopic (exact) mass is 449 g/mol. The van der Waals surface area contributed by atoms with E-state index in [2.05, 4.69) is 12.2 Å². The molecule has 1 amide bonds. The Kier molecular flexibility index (Phi) is 6.21. The standard InChI is InChI=1S/C24H27N5O4/c1-5-6-11-29-22(25)19(20-23(29)28-16-10-8-7-9-15(16)27-20)24(30)26-14-12-17(31-2)21(33-4)18(13-14)32-3/h7-10,12-13H,5-6,11,25H2,1-4H3,(H,26,30). The van der Waals surface area contributed by atoms with Gasteiger partial charge in [-0.2, -0.15) is 0 Å². The summed E-state index contributed by atoms with van der Waals surface area (Å²) in [5.41, 5.74) is 9.74. The number of methoxy groups -OCH3 is 3. The van der Waals surface area contributed by atoms with E-state index in [-0.39, 0.29) is 5.56 Å². The van der Waals surface area contributed by atoms with Gasteiger partial charge in [0.25, 0.3) is 5.91 Å². The molecular weight excluding hydrogens is 422 g/mol. The molecule has 0 radical (unpaired) electrons. The highest BCUT2D eigenvalue weighted by atomic mass is 16.5. The zero-order chi connectivity index (χ0) is 23.5. The van der Waals surface area contributed by atoms with Gasteiger partial charge < -0.3 is 29.8 Å². The Morgan fingerprint density at radius 1 is 1.03 bits per heavy atom. The van der Waals surface area contributed by atoms with Crippen LogP contribution in [0, 0.1) is 0 Å². The number of aryl methyl sites for hydroxylation is 1. The number of carbonyl (C=O) groups excluding carboxylic acids is 1. The summed E-state index contributed by atoms with van der Waals surface area (Å²) in [6.07, 6.45) is 1.88. The topological polar surface area (TPSA) is 114 Å². The number of nitrogens with one attached hydrogen (secondary N) is 1. The van der Waals surface area contributed by atoms with Crippen LogP contribution in [0.4, 0.5) is 11.5 Å². The highest BCUT2D eigenvalue weighted by Gasteiger charge is 2.25. The number of hydrogen-bond donors (Lipinski definition) is 2. The summed E-state index contributed by atoms with van der Waals surface area (Å²) < 4.78 is 18.0. The van der Waals surface area contributed by atoms with Crippen molar-refractivity contribution in [1.29, 1.82) is 0 Å². The molecule has 0 aliphatic carbocycles. The van der Waals surface area contributed by atoms with Crippen LogP contribution < -0.4 is 25.3 Å². The molecule has 0 bridgehead atoms. The number of aromatic nitrogens is 3. The van der Waals surface area contributed by atoms with Crippen LogP contribution in [-0.4, -0.2) is 41.8 Å². The number of ether oxygens (including phenoxy) is 3. The molecular formula is C24H27N5O4. The van der Waals surface area contributed by atoms with Crippen molar-refractivity contribution in [3.05, 3.63) is 42.0 Å². The second kappa shape index (κ2) is 9.23. The van der Waals surface area contributed by atoms with Gasteiger partial charge in [0.05, 0.1) is 32.4 Å². The SMILES string of the molecule is CCCCn1c(N)c(C(=O)Nc2cc(OC)c(OC)c(OC)c2)c2nc3ccccc3nc21. The highest BCUT2D eigenvalue weighted by molar-refractivity contribution is 6.16. The average Bonchev–Trinajstić information content (AvgIpc) is 3.10. The fourth-order valence-electron chi connectivity index (χ4n) is 3.83. The van der Waals surface area contributed by atoms with Crippen LogP contribution in [0.15, 0.2) is 36.4 Å². The molecule has 9 nitrogen and oxygen atoms in total. The van der Waals surface area contributed by atoms with Crippen molar-refractivity contribution < 1.29 is 19.0 Å². The zero-order valence-corrected chi connectivity index (χ0v) is 19.1. The Morgan fingerprint density at radius 3 is 2.24 bits per heavy atom. The van der Waals surface area contributed by atoms with Gasteiger partial charge in [-0.15, -0.1) is 0 Å². The Balaban J connectivity index is 1.83. The quantitative estimate of drug-likeness (QED) is 0.413. The molecule has 0 spiro atoms. The van der Waals surface area contributed by atoms with E-state index < -0.39 is 5.91 Å². The zero-order valence-electron chi connectivity index (χ0n) is 19.1. The fraction of sp³-hybridized carbons (Fsp3) is 0.292. The van der Waals surface area contributed by atoms with Gasteiger partial charge in [-0.3, -0.25) is 4.79 Å². The summed E-state index contributed by atoms with van der Waals surface area (Å²) in [7, 11) is 4.55. The maximum Gasteiger partial charge on any atom is 0.261 e. The van der Waals surface area contributed by atoms with Gasteiger partial charge in [-0.05, 0) is 18.6 Å². The number of benzene rings is 2. The molecule has 0 aliphatic rings. The summed E-state index contributed by atoms with van der Waals surface area (Å²) in [6.45, 7) is 2.74. The molecule has 0 saturated carbocycles. The number of nitrogen functional groups attached to an aromatic ring is 1. The van der Waals surface area contributed by atoms with Crippen LogP contribution in [-0.2, 0) is 6.54 Å². The first-order valence-corrected chi connectivity index (χ1v) is 10.7. The third-order valence-corrected chi connectivity index (χ3v) is 5.48. The number of anilines is 2. The smallest absolute Gasteiger partial charge is 0.261 e. The summed E-state index contributed by atoms with van der Waals surface area (Å²) in [4.78, 5) is 22.9. The lowest BCUT2D eigenvalue weighted by Gasteiger charge is -2.14. The van der Waals surface area contributed by atoms with Crippen LogP contribution in [0.2, 0.25) is 0 Å². The molecule has 0 saturated heterocycles. The van der Waals surface area contributed by atoms with E-state index in [9.17, 15) is 4.79 Å². The second-order valence-electron chi connectivity index (χ2n) is 7.52. The largest absolute Gasteiger partial charge is 0.493 e. The molecule has 2 heterocycles. The van der Waals surface area contributed by atoms with Gasteiger partial charge in [0.15, 0.2) is 17.1 Å². The third-order valence-electron chi connectivity index (χ3n) is 5.48. The molecule has 2 aromatic heterocycles. The Labute approximate surface area is 191 Å². The van der Waals surface area contributed by atoms with E-state index in [1.165, 1.54) is 21.3 Å². The molecule has 0 unspecified atom stereocenters. The van der Waals surface area contributed by atoms with E-state index in [4.69, 9.17) is 29.9 Å². The predicted molar refractivity (Wildman–Crippen MR) is 128 cm³/mol. The molecule has 4 aromatic rings. The van der Waals surface area contributed by atoms with Crippen LogP contribution in [0.3, 0.4) is 0 Å². The highest BCUT2D eigenvalue weighted by Crippen LogP contribution is 2.40. The van der Waals surface area contributed by atoms with Crippen LogP contribution in [0.25, 0.3) is 22.2 Å². The lowest BCUT2D eigenvalue weighted by atomic mass is 10.2. The molecule has 0 atom stereocenters. The van der Waals surface area contributed by atoms with Crippen LogP contribution in [0.5, 0.6) is 17.2 Å². The van der Waals surface area contributed by atoms with Crippen molar-refractivity contribution in [3.8, 4) is 17.2 Å². The minimum Gasteiger partial charge on any atom is -0.493 e. The van der Waals surface area contributed by atoms with E-state index >= 15 is 0 Å². The maximum atomic E-state index is 13.4. The fourth-order valence-corrected chi connectivity index (χ4v) is 3.83. The first-order chi connectivity index (χ1) is 16.0. The van der Waals surface area contributed by atoms with Gasteiger partial charge in [-0.25, -0.2) is 9.97 Å². The Bertz CT molecular complexity index is 1310. The molecule has 3 N–H and O–H groups in total.